The SMILES string of the molecule is Cc1ccc(C)c(OS(=O)(=O)c2cc(C)c(Br)cc2C)c1. The predicted molar refractivity (Wildman–Crippen MR) is 87.3 cm³/mol. The summed E-state index contributed by atoms with van der Waals surface area (Å²) in [6.45, 7) is 7.32. The van der Waals surface area contributed by atoms with Gasteiger partial charge in [-0.15, -0.1) is 0 Å². The molecule has 0 radical (unpaired) electrons. The summed E-state index contributed by atoms with van der Waals surface area (Å²) in [6.07, 6.45) is 0. The lowest BCUT2D eigenvalue weighted by Crippen LogP contribution is -2.12. The summed E-state index contributed by atoms with van der Waals surface area (Å²) in [5.74, 6) is 0.370. The third-order valence-electron chi connectivity index (χ3n) is 3.27. The molecule has 0 aliphatic heterocycles. The standard InChI is InChI=1S/C16H17BrO3S/c1-10-5-6-11(2)15(7-10)20-21(18,19)16-9-12(3)14(17)8-13(16)4/h5-9H,1-4H3. The lowest BCUT2D eigenvalue weighted by molar-refractivity contribution is 0.483. The van der Waals surface area contributed by atoms with Crippen LogP contribution in [-0.4, -0.2) is 8.42 Å². The van der Waals surface area contributed by atoms with Crippen LogP contribution in [-0.2, 0) is 10.1 Å². The van der Waals surface area contributed by atoms with Gasteiger partial charge in [0.25, 0.3) is 0 Å². The minimum absolute atomic E-state index is 0.198. The van der Waals surface area contributed by atoms with E-state index in [1.807, 2.05) is 32.9 Å². The maximum atomic E-state index is 12.5. The molecule has 0 saturated heterocycles. The zero-order valence-electron chi connectivity index (χ0n) is 12.4. The molecule has 0 amide bonds. The second-order valence-electron chi connectivity index (χ2n) is 5.17. The Kier molecular flexibility index (Phi) is 4.44. The fourth-order valence-corrected chi connectivity index (χ4v) is 3.72. The molecule has 0 N–H and O–H groups in total. The van der Waals surface area contributed by atoms with Crippen molar-refractivity contribution in [3.05, 3.63) is 57.1 Å². The van der Waals surface area contributed by atoms with Gasteiger partial charge in [-0.2, -0.15) is 8.42 Å². The Bertz CT molecular complexity index is 795. The van der Waals surface area contributed by atoms with Crippen molar-refractivity contribution in [1.82, 2.24) is 0 Å². The van der Waals surface area contributed by atoms with Crippen molar-refractivity contribution in [1.29, 1.82) is 0 Å². The molecule has 0 aliphatic rings. The van der Waals surface area contributed by atoms with Crippen LogP contribution in [0.25, 0.3) is 0 Å². The van der Waals surface area contributed by atoms with E-state index in [0.717, 1.165) is 21.2 Å². The lowest BCUT2D eigenvalue weighted by Gasteiger charge is -2.13. The minimum Gasteiger partial charge on any atom is -0.379 e. The normalized spacial score (nSPS) is 11.5. The van der Waals surface area contributed by atoms with Crippen molar-refractivity contribution in [3.63, 3.8) is 0 Å². The molecule has 5 heteroatoms. The van der Waals surface area contributed by atoms with Gasteiger partial charge in [0.2, 0.25) is 0 Å². The average molecular weight is 369 g/mol. The summed E-state index contributed by atoms with van der Waals surface area (Å²) >= 11 is 3.40. The van der Waals surface area contributed by atoms with Gasteiger partial charge >= 0.3 is 10.1 Å². The maximum absolute atomic E-state index is 12.5. The Labute approximate surface area is 134 Å². The highest BCUT2D eigenvalue weighted by Crippen LogP contribution is 2.28. The molecule has 0 atom stereocenters. The zero-order valence-corrected chi connectivity index (χ0v) is 14.8. The smallest absolute Gasteiger partial charge is 0.339 e. The summed E-state index contributed by atoms with van der Waals surface area (Å²) in [5, 5.41) is 0. The van der Waals surface area contributed by atoms with Crippen LogP contribution >= 0.6 is 15.9 Å². The van der Waals surface area contributed by atoms with Crippen molar-refractivity contribution in [2.75, 3.05) is 0 Å². The highest BCUT2D eigenvalue weighted by atomic mass is 79.9. The Morgan fingerprint density at radius 1 is 0.905 bits per heavy atom. The largest absolute Gasteiger partial charge is 0.379 e. The molecule has 3 nitrogen and oxygen atoms in total. The van der Waals surface area contributed by atoms with Gasteiger partial charge in [0.1, 0.15) is 10.6 Å². The number of hydrogen-bond donors (Lipinski definition) is 0. The van der Waals surface area contributed by atoms with Gasteiger partial charge in [0, 0.05) is 4.47 Å². The van der Waals surface area contributed by atoms with E-state index in [0.29, 0.717) is 11.3 Å². The van der Waals surface area contributed by atoms with E-state index in [9.17, 15) is 8.42 Å². The third kappa shape index (κ3) is 3.47. The van der Waals surface area contributed by atoms with Gasteiger partial charge in [-0.1, -0.05) is 28.1 Å². The lowest BCUT2D eigenvalue weighted by atomic mass is 10.1. The fourth-order valence-electron chi connectivity index (χ4n) is 1.98. The first-order valence-corrected chi connectivity index (χ1v) is 8.69. The molecule has 0 saturated carbocycles. The summed E-state index contributed by atoms with van der Waals surface area (Å²) < 4.78 is 31.2. The molecule has 2 rings (SSSR count). The quantitative estimate of drug-likeness (QED) is 0.751. The highest BCUT2D eigenvalue weighted by molar-refractivity contribution is 9.10. The van der Waals surface area contributed by atoms with E-state index in [2.05, 4.69) is 15.9 Å². The first-order chi connectivity index (χ1) is 9.70. The van der Waals surface area contributed by atoms with Crippen LogP contribution in [0.5, 0.6) is 5.75 Å². The van der Waals surface area contributed by atoms with Gasteiger partial charge in [-0.05, 0) is 68.1 Å². The van der Waals surface area contributed by atoms with E-state index >= 15 is 0 Å². The van der Waals surface area contributed by atoms with Gasteiger partial charge in [0.15, 0.2) is 0 Å². The average Bonchev–Trinajstić information content (AvgIpc) is 2.37. The van der Waals surface area contributed by atoms with Gasteiger partial charge < -0.3 is 4.18 Å². The molecule has 21 heavy (non-hydrogen) atoms. The molecule has 0 fully saturated rings. The van der Waals surface area contributed by atoms with Crippen molar-refractivity contribution < 1.29 is 12.6 Å². The van der Waals surface area contributed by atoms with Crippen LogP contribution < -0.4 is 4.18 Å². The van der Waals surface area contributed by atoms with E-state index in [4.69, 9.17) is 4.18 Å². The monoisotopic (exact) mass is 368 g/mol. The molecule has 0 bridgehead atoms. The van der Waals surface area contributed by atoms with Gasteiger partial charge in [0.05, 0.1) is 0 Å². The van der Waals surface area contributed by atoms with Crippen LogP contribution in [0.1, 0.15) is 22.3 Å². The number of halogens is 1. The first kappa shape index (κ1) is 16.0. The van der Waals surface area contributed by atoms with Crippen LogP contribution in [0.3, 0.4) is 0 Å². The highest BCUT2D eigenvalue weighted by Gasteiger charge is 2.21. The van der Waals surface area contributed by atoms with Crippen molar-refractivity contribution in [3.8, 4) is 5.75 Å². The molecule has 0 aliphatic carbocycles. The maximum Gasteiger partial charge on any atom is 0.339 e. The molecule has 0 aromatic heterocycles. The van der Waals surface area contributed by atoms with Crippen LogP contribution in [0.2, 0.25) is 0 Å². The molecular formula is C16H17BrO3S. The molecule has 112 valence electrons. The molecular weight excluding hydrogens is 352 g/mol. The fraction of sp³-hybridized carbons (Fsp3) is 0.250. The van der Waals surface area contributed by atoms with Gasteiger partial charge in [-0.25, -0.2) is 0 Å². The second kappa shape index (κ2) is 5.81. The van der Waals surface area contributed by atoms with E-state index in [-0.39, 0.29) is 4.90 Å². The number of aryl methyl sites for hydroxylation is 4. The molecule has 0 heterocycles. The van der Waals surface area contributed by atoms with Crippen LogP contribution in [0, 0.1) is 27.7 Å². The predicted octanol–water partition coefficient (Wildman–Crippen LogP) is 4.45. The Hall–Kier alpha value is -1.33. The summed E-state index contributed by atoms with van der Waals surface area (Å²) in [4.78, 5) is 0.198. The Morgan fingerprint density at radius 3 is 2.24 bits per heavy atom. The molecule has 2 aromatic rings. The number of rotatable bonds is 3. The first-order valence-electron chi connectivity index (χ1n) is 6.49. The summed E-state index contributed by atoms with van der Waals surface area (Å²) in [7, 11) is -3.84. The second-order valence-corrected chi connectivity index (χ2v) is 7.54. The van der Waals surface area contributed by atoms with E-state index in [1.54, 1.807) is 25.1 Å². The zero-order chi connectivity index (χ0) is 15.8. The molecule has 2 aromatic carbocycles. The van der Waals surface area contributed by atoms with Crippen LogP contribution in [0.4, 0.5) is 0 Å². The van der Waals surface area contributed by atoms with E-state index < -0.39 is 10.1 Å². The minimum atomic E-state index is -3.84. The summed E-state index contributed by atoms with van der Waals surface area (Å²) in [5.41, 5.74) is 3.24. The molecule has 0 spiro atoms. The summed E-state index contributed by atoms with van der Waals surface area (Å²) in [6, 6.07) is 8.91. The van der Waals surface area contributed by atoms with E-state index in [1.165, 1.54) is 0 Å². The van der Waals surface area contributed by atoms with Crippen LogP contribution in [0.15, 0.2) is 39.7 Å². The topological polar surface area (TPSA) is 43.4 Å². The number of hydrogen-bond acceptors (Lipinski definition) is 3. The molecule has 0 unspecified atom stereocenters. The Balaban J connectivity index is 2.48. The van der Waals surface area contributed by atoms with Crippen molar-refractivity contribution in [2.24, 2.45) is 0 Å². The van der Waals surface area contributed by atoms with Crippen molar-refractivity contribution >= 4 is 26.0 Å². The number of benzene rings is 2. The third-order valence-corrected chi connectivity index (χ3v) is 5.50. The Morgan fingerprint density at radius 2 is 1.57 bits per heavy atom. The van der Waals surface area contributed by atoms with Gasteiger partial charge in [-0.3, -0.25) is 0 Å². The van der Waals surface area contributed by atoms with Crippen molar-refractivity contribution in [2.45, 2.75) is 32.6 Å².